The SMILES string of the molecule is COc1ccc(C(O)CNCC2CCCC2C)cc1. The summed E-state index contributed by atoms with van der Waals surface area (Å²) in [5.74, 6) is 2.43. The molecule has 3 atom stereocenters. The molecule has 3 unspecified atom stereocenters. The molecule has 0 bridgehead atoms. The molecule has 1 aliphatic carbocycles. The second kappa shape index (κ2) is 6.92. The van der Waals surface area contributed by atoms with E-state index < -0.39 is 6.10 Å². The standard InChI is InChI=1S/C16H25NO2/c1-12-4-3-5-14(12)10-17-11-16(18)13-6-8-15(19-2)9-7-13/h6-9,12,14,16-18H,3-5,10-11H2,1-2H3. The third-order valence-corrected chi connectivity index (χ3v) is 4.28. The van der Waals surface area contributed by atoms with Crippen LogP contribution in [-0.4, -0.2) is 25.3 Å². The Morgan fingerprint density at radius 2 is 2.05 bits per heavy atom. The molecule has 0 aromatic heterocycles. The molecule has 1 aromatic rings. The van der Waals surface area contributed by atoms with Crippen LogP contribution >= 0.6 is 0 Å². The van der Waals surface area contributed by atoms with Crippen LogP contribution < -0.4 is 10.1 Å². The molecule has 2 rings (SSSR count). The maximum Gasteiger partial charge on any atom is 0.118 e. The van der Waals surface area contributed by atoms with E-state index in [4.69, 9.17) is 4.74 Å². The van der Waals surface area contributed by atoms with Gasteiger partial charge >= 0.3 is 0 Å². The van der Waals surface area contributed by atoms with Gasteiger partial charge < -0.3 is 15.2 Å². The summed E-state index contributed by atoms with van der Waals surface area (Å²) < 4.78 is 5.11. The molecular weight excluding hydrogens is 238 g/mol. The van der Waals surface area contributed by atoms with Gasteiger partial charge in [-0.1, -0.05) is 31.9 Å². The fraction of sp³-hybridized carbons (Fsp3) is 0.625. The predicted molar refractivity (Wildman–Crippen MR) is 77.3 cm³/mol. The maximum absolute atomic E-state index is 10.1. The first-order valence-corrected chi connectivity index (χ1v) is 7.23. The number of ether oxygens (including phenoxy) is 1. The molecule has 0 aliphatic heterocycles. The zero-order chi connectivity index (χ0) is 13.7. The van der Waals surface area contributed by atoms with E-state index in [1.165, 1.54) is 19.3 Å². The van der Waals surface area contributed by atoms with Gasteiger partial charge in [0.2, 0.25) is 0 Å². The van der Waals surface area contributed by atoms with Crippen LogP contribution in [0.4, 0.5) is 0 Å². The van der Waals surface area contributed by atoms with Crippen molar-refractivity contribution in [1.29, 1.82) is 0 Å². The normalized spacial score (nSPS) is 24.4. The first-order valence-electron chi connectivity index (χ1n) is 7.23. The van der Waals surface area contributed by atoms with E-state index in [2.05, 4.69) is 12.2 Å². The van der Waals surface area contributed by atoms with E-state index in [-0.39, 0.29) is 0 Å². The maximum atomic E-state index is 10.1. The minimum atomic E-state index is -0.442. The molecule has 0 heterocycles. The van der Waals surface area contributed by atoms with Crippen molar-refractivity contribution in [2.45, 2.75) is 32.3 Å². The van der Waals surface area contributed by atoms with Gasteiger partial charge in [-0.2, -0.15) is 0 Å². The van der Waals surface area contributed by atoms with Crippen molar-refractivity contribution in [1.82, 2.24) is 5.32 Å². The highest BCUT2D eigenvalue weighted by Crippen LogP contribution is 2.30. The minimum Gasteiger partial charge on any atom is -0.497 e. The van der Waals surface area contributed by atoms with Gasteiger partial charge in [-0.15, -0.1) is 0 Å². The number of methoxy groups -OCH3 is 1. The minimum absolute atomic E-state index is 0.442. The Kier molecular flexibility index (Phi) is 5.23. The van der Waals surface area contributed by atoms with E-state index in [1.54, 1.807) is 7.11 Å². The Morgan fingerprint density at radius 1 is 1.32 bits per heavy atom. The fourth-order valence-corrected chi connectivity index (χ4v) is 2.87. The number of nitrogens with one attached hydrogen (secondary N) is 1. The first-order chi connectivity index (χ1) is 9.20. The Balaban J connectivity index is 1.75. The number of benzene rings is 1. The average molecular weight is 263 g/mol. The van der Waals surface area contributed by atoms with Gasteiger partial charge in [0.15, 0.2) is 0 Å². The molecular formula is C16H25NO2. The second-order valence-corrected chi connectivity index (χ2v) is 5.62. The van der Waals surface area contributed by atoms with Gasteiger partial charge in [-0.25, -0.2) is 0 Å². The van der Waals surface area contributed by atoms with E-state index in [1.807, 2.05) is 24.3 Å². The van der Waals surface area contributed by atoms with E-state index in [9.17, 15) is 5.11 Å². The van der Waals surface area contributed by atoms with Crippen molar-refractivity contribution in [2.24, 2.45) is 11.8 Å². The summed E-state index contributed by atoms with van der Waals surface area (Å²) in [6.45, 7) is 3.98. The summed E-state index contributed by atoms with van der Waals surface area (Å²) in [7, 11) is 1.65. The molecule has 3 heteroatoms. The average Bonchev–Trinajstić information content (AvgIpc) is 2.84. The van der Waals surface area contributed by atoms with Crippen LogP contribution in [0.15, 0.2) is 24.3 Å². The second-order valence-electron chi connectivity index (χ2n) is 5.62. The Labute approximate surface area is 116 Å². The molecule has 0 spiro atoms. The van der Waals surface area contributed by atoms with Crippen LogP contribution in [0, 0.1) is 11.8 Å². The molecule has 1 fully saturated rings. The zero-order valence-corrected chi connectivity index (χ0v) is 11.9. The molecule has 0 saturated heterocycles. The quantitative estimate of drug-likeness (QED) is 0.829. The van der Waals surface area contributed by atoms with Crippen LogP contribution in [-0.2, 0) is 0 Å². The predicted octanol–water partition coefficient (Wildman–Crippen LogP) is 2.75. The smallest absolute Gasteiger partial charge is 0.118 e. The summed E-state index contributed by atoms with van der Waals surface area (Å²) in [6.07, 6.45) is 3.59. The van der Waals surface area contributed by atoms with Gasteiger partial charge in [0, 0.05) is 6.54 Å². The number of rotatable bonds is 6. The van der Waals surface area contributed by atoms with Crippen molar-refractivity contribution in [3.63, 3.8) is 0 Å². The number of hydrogen-bond acceptors (Lipinski definition) is 3. The summed E-state index contributed by atoms with van der Waals surface area (Å²) in [6, 6.07) is 7.61. The van der Waals surface area contributed by atoms with Gasteiger partial charge in [0.05, 0.1) is 13.2 Å². The lowest BCUT2D eigenvalue weighted by Gasteiger charge is -2.18. The molecule has 1 aromatic carbocycles. The topological polar surface area (TPSA) is 41.5 Å². The summed E-state index contributed by atoms with van der Waals surface area (Å²) >= 11 is 0. The van der Waals surface area contributed by atoms with Crippen molar-refractivity contribution in [3.05, 3.63) is 29.8 Å². The van der Waals surface area contributed by atoms with Crippen LogP contribution in [0.1, 0.15) is 37.9 Å². The third kappa shape index (κ3) is 3.95. The monoisotopic (exact) mass is 263 g/mol. The van der Waals surface area contributed by atoms with E-state index in [0.29, 0.717) is 6.54 Å². The lowest BCUT2D eigenvalue weighted by atomic mass is 9.98. The first kappa shape index (κ1) is 14.4. The Bertz CT molecular complexity index is 377. The lowest BCUT2D eigenvalue weighted by molar-refractivity contribution is 0.171. The highest BCUT2D eigenvalue weighted by molar-refractivity contribution is 5.28. The van der Waals surface area contributed by atoms with Crippen molar-refractivity contribution >= 4 is 0 Å². The van der Waals surface area contributed by atoms with Crippen molar-refractivity contribution in [2.75, 3.05) is 20.2 Å². The van der Waals surface area contributed by atoms with Crippen molar-refractivity contribution in [3.8, 4) is 5.75 Å². The highest BCUT2D eigenvalue weighted by atomic mass is 16.5. The fourth-order valence-electron chi connectivity index (χ4n) is 2.87. The number of aliphatic hydroxyl groups is 1. The van der Waals surface area contributed by atoms with Crippen LogP contribution in [0.2, 0.25) is 0 Å². The number of hydrogen-bond donors (Lipinski definition) is 2. The summed E-state index contributed by atoms with van der Waals surface area (Å²) in [5, 5.41) is 13.5. The molecule has 1 aliphatic rings. The van der Waals surface area contributed by atoms with Gasteiger partial charge in [0.25, 0.3) is 0 Å². The number of aliphatic hydroxyl groups excluding tert-OH is 1. The van der Waals surface area contributed by atoms with Crippen LogP contribution in [0.25, 0.3) is 0 Å². The van der Waals surface area contributed by atoms with Gasteiger partial charge in [0.1, 0.15) is 5.75 Å². The Hall–Kier alpha value is -1.06. The van der Waals surface area contributed by atoms with E-state index >= 15 is 0 Å². The van der Waals surface area contributed by atoms with Crippen molar-refractivity contribution < 1.29 is 9.84 Å². The molecule has 3 nitrogen and oxygen atoms in total. The van der Waals surface area contributed by atoms with E-state index in [0.717, 1.165) is 29.7 Å². The lowest BCUT2D eigenvalue weighted by Crippen LogP contribution is -2.28. The van der Waals surface area contributed by atoms with Crippen LogP contribution in [0.5, 0.6) is 5.75 Å². The molecule has 1 saturated carbocycles. The zero-order valence-electron chi connectivity index (χ0n) is 11.9. The molecule has 106 valence electrons. The van der Waals surface area contributed by atoms with Gasteiger partial charge in [-0.05, 0) is 42.5 Å². The van der Waals surface area contributed by atoms with Gasteiger partial charge in [-0.3, -0.25) is 0 Å². The van der Waals surface area contributed by atoms with Crippen LogP contribution in [0.3, 0.4) is 0 Å². The molecule has 0 radical (unpaired) electrons. The molecule has 19 heavy (non-hydrogen) atoms. The largest absolute Gasteiger partial charge is 0.497 e. The molecule has 2 N–H and O–H groups in total. The highest BCUT2D eigenvalue weighted by Gasteiger charge is 2.22. The summed E-state index contributed by atoms with van der Waals surface area (Å²) in [5.41, 5.74) is 0.938. The Morgan fingerprint density at radius 3 is 2.63 bits per heavy atom. The third-order valence-electron chi connectivity index (χ3n) is 4.28. The molecule has 0 amide bonds. The summed E-state index contributed by atoms with van der Waals surface area (Å²) in [4.78, 5) is 0.